The number of para-hydroxylation sites is 1. The molecule has 23 heavy (non-hydrogen) atoms. The van der Waals surface area contributed by atoms with E-state index < -0.39 is 0 Å². The molecule has 0 aliphatic carbocycles. The van der Waals surface area contributed by atoms with Gasteiger partial charge in [-0.2, -0.15) is 5.10 Å². The number of hydrogen-bond donors (Lipinski definition) is 1. The minimum Gasteiger partial charge on any atom is -0.338 e. The highest BCUT2D eigenvalue weighted by molar-refractivity contribution is 5.95. The number of piperidine rings is 1. The van der Waals surface area contributed by atoms with Crippen molar-refractivity contribution >= 4 is 18.3 Å². The van der Waals surface area contributed by atoms with Crippen molar-refractivity contribution in [2.45, 2.75) is 32.7 Å². The van der Waals surface area contributed by atoms with Crippen LogP contribution in [0.3, 0.4) is 0 Å². The van der Waals surface area contributed by atoms with E-state index in [1.165, 1.54) is 0 Å². The fourth-order valence-corrected chi connectivity index (χ4v) is 2.94. The van der Waals surface area contributed by atoms with E-state index in [9.17, 15) is 4.79 Å². The molecule has 1 aliphatic rings. The van der Waals surface area contributed by atoms with Crippen LogP contribution in [0.15, 0.2) is 30.5 Å². The summed E-state index contributed by atoms with van der Waals surface area (Å²) in [6.45, 7) is 5.45. The van der Waals surface area contributed by atoms with Crippen LogP contribution >= 0.6 is 12.4 Å². The minimum absolute atomic E-state index is 0. The molecule has 124 valence electrons. The van der Waals surface area contributed by atoms with E-state index in [0.29, 0.717) is 5.56 Å². The first-order valence-electron chi connectivity index (χ1n) is 7.73. The SMILES string of the molecule is Cc1ccccc1-n1ncc(C(=O)N2CCC(N)CC2)c1C.Cl. The summed E-state index contributed by atoms with van der Waals surface area (Å²) < 4.78 is 1.85. The fraction of sp³-hybridized carbons (Fsp3) is 0.412. The van der Waals surface area contributed by atoms with Gasteiger partial charge in [-0.05, 0) is 38.3 Å². The van der Waals surface area contributed by atoms with Crippen LogP contribution in [0.2, 0.25) is 0 Å². The number of aryl methyl sites for hydroxylation is 1. The van der Waals surface area contributed by atoms with Gasteiger partial charge in [0.25, 0.3) is 5.91 Å². The molecule has 1 aliphatic heterocycles. The summed E-state index contributed by atoms with van der Waals surface area (Å²) in [5.41, 5.74) is 9.62. The van der Waals surface area contributed by atoms with E-state index >= 15 is 0 Å². The Morgan fingerprint density at radius 2 is 1.87 bits per heavy atom. The van der Waals surface area contributed by atoms with Crippen molar-refractivity contribution in [2.24, 2.45) is 5.73 Å². The minimum atomic E-state index is 0. The third-order valence-electron chi connectivity index (χ3n) is 4.41. The summed E-state index contributed by atoms with van der Waals surface area (Å²) in [4.78, 5) is 14.6. The maximum atomic E-state index is 12.7. The summed E-state index contributed by atoms with van der Waals surface area (Å²) in [5, 5.41) is 4.42. The molecule has 0 radical (unpaired) electrons. The number of nitrogens with zero attached hydrogens (tertiary/aromatic N) is 3. The lowest BCUT2D eigenvalue weighted by molar-refractivity contribution is 0.0714. The molecule has 0 saturated carbocycles. The lowest BCUT2D eigenvalue weighted by Crippen LogP contribution is -2.42. The fourth-order valence-electron chi connectivity index (χ4n) is 2.94. The summed E-state index contributed by atoms with van der Waals surface area (Å²) in [6, 6.07) is 8.27. The zero-order valence-corrected chi connectivity index (χ0v) is 14.3. The van der Waals surface area contributed by atoms with E-state index in [1.54, 1.807) is 6.20 Å². The zero-order valence-electron chi connectivity index (χ0n) is 13.5. The van der Waals surface area contributed by atoms with Gasteiger partial charge in [0.2, 0.25) is 0 Å². The average molecular weight is 335 g/mol. The van der Waals surface area contributed by atoms with Crippen LogP contribution in [-0.4, -0.2) is 39.7 Å². The van der Waals surface area contributed by atoms with Gasteiger partial charge in [-0.15, -0.1) is 12.4 Å². The van der Waals surface area contributed by atoms with Gasteiger partial charge in [0.15, 0.2) is 0 Å². The van der Waals surface area contributed by atoms with E-state index in [-0.39, 0.29) is 24.4 Å². The van der Waals surface area contributed by atoms with Crippen molar-refractivity contribution < 1.29 is 4.79 Å². The summed E-state index contributed by atoms with van der Waals surface area (Å²) in [7, 11) is 0. The van der Waals surface area contributed by atoms with Crippen molar-refractivity contribution in [3.8, 4) is 5.69 Å². The topological polar surface area (TPSA) is 64.2 Å². The van der Waals surface area contributed by atoms with Gasteiger partial charge < -0.3 is 10.6 Å². The number of carbonyl (C=O) groups excluding carboxylic acids is 1. The van der Waals surface area contributed by atoms with Crippen molar-refractivity contribution in [3.63, 3.8) is 0 Å². The maximum Gasteiger partial charge on any atom is 0.257 e. The number of benzene rings is 1. The second kappa shape index (κ2) is 7.15. The first-order chi connectivity index (χ1) is 10.6. The first kappa shape index (κ1) is 17.5. The van der Waals surface area contributed by atoms with Gasteiger partial charge in [0, 0.05) is 19.1 Å². The summed E-state index contributed by atoms with van der Waals surface area (Å²) in [5.74, 6) is 0.0595. The molecule has 6 heteroatoms. The van der Waals surface area contributed by atoms with Crippen LogP contribution < -0.4 is 5.73 Å². The van der Waals surface area contributed by atoms with Gasteiger partial charge in [0.1, 0.15) is 0 Å². The maximum absolute atomic E-state index is 12.7. The lowest BCUT2D eigenvalue weighted by atomic mass is 10.1. The quantitative estimate of drug-likeness (QED) is 0.917. The molecule has 2 N–H and O–H groups in total. The van der Waals surface area contributed by atoms with E-state index in [2.05, 4.69) is 5.10 Å². The van der Waals surface area contributed by atoms with Crippen molar-refractivity contribution in [1.29, 1.82) is 0 Å². The number of carbonyl (C=O) groups is 1. The van der Waals surface area contributed by atoms with Crippen LogP contribution in [0.5, 0.6) is 0 Å². The molecule has 2 heterocycles. The van der Waals surface area contributed by atoms with Crippen LogP contribution in [0, 0.1) is 13.8 Å². The lowest BCUT2D eigenvalue weighted by Gasteiger charge is -2.30. The molecule has 0 atom stereocenters. The Labute approximate surface area is 142 Å². The number of rotatable bonds is 2. The highest BCUT2D eigenvalue weighted by atomic mass is 35.5. The van der Waals surface area contributed by atoms with Gasteiger partial charge >= 0.3 is 0 Å². The number of amides is 1. The Bertz CT molecular complexity index is 690. The second-order valence-electron chi connectivity index (χ2n) is 5.97. The average Bonchev–Trinajstić information content (AvgIpc) is 2.89. The van der Waals surface area contributed by atoms with E-state index in [0.717, 1.165) is 42.9 Å². The number of nitrogens with two attached hydrogens (primary N) is 1. The molecular weight excluding hydrogens is 312 g/mol. The molecule has 1 fully saturated rings. The van der Waals surface area contributed by atoms with Gasteiger partial charge in [0.05, 0.1) is 23.1 Å². The number of hydrogen-bond acceptors (Lipinski definition) is 3. The van der Waals surface area contributed by atoms with Crippen molar-refractivity contribution in [1.82, 2.24) is 14.7 Å². The predicted octanol–water partition coefficient (Wildman–Crippen LogP) is 2.47. The van der Waals surface area contributed by atoms with Crippen LogP contribution in [-0.2, 0) is 0 Å². The molecule has 3 rings (SSSR count). The molecule has 1 amide bonds. The highest BCUT2D eigenvalue weighted by Crippen LogP contribution is 2.20. The molecular formula is C17H23ClN4O. The highest BCUT2D eigenvalue weighted by Gasteiger charge is 2.24. The number of halogens is 1. The Morgan fingerprint density at radius 1 is 1.22 bits per heavy atom. The smallest absolute Gasteiger partial charge is 0.257 e. The third kappa shape index (κ3) is 3.41. The number of aromatic nitrogens is 2. The Balaban J connectivity index is 0.00000192. The molecule has 0 spiro atoms. The second-order valence-corrected chi connectivity index (χ2v) is 5.97. The van der Waals surface area contributed by atoms with Crippen molar-refractivity contribution in [2.75, 3.05) is 13.1 Å². The summed E-state index contributed by atoms with van der Waals surface area (Å²) >= 11 is 0. The van der Waals surface area contributed by atoms with Gasteiger partial charge in [-0.25, -0.2) is 4.68 Å². The van der Waals surface area contributed by atoms with Crippen LogP contribution in [0.25, 0.3) is 5.69 Å². The Hall–Kier alpha value is -1.85. The van der Waals surface area contributed by atoms with Crippen molar-refractivity contribution in [3.05, 3.63) is 47.3 Å². The third-order valence-corrected chi connectivity index (χ3v) is 4.41. The monoisotopic (exact) mass is 334 g/mol. The van der Waals surface area contributed by atoms with Gasteiger partial charge in [-0.3, -0.25) is 4.79 Å². The molecule has 5 nitrogen and oxygen atoms in total. The molecule has 0 unspecified atom stereocenters. The molecule has 1 aromatic heterocycles. The normalized spacial score (nSPS) is 15.3. The number of likely N-dealkylation sites (tertiary alicyclic amines) is 1. The van der Waals surface area contributed by atoms with Gasteiger partial charge in [-0.1, -0.05) is 18.2 Å². The Kier molecular flexibility index (Phi) is 5.44. The molecule has 2 aromatic rings. The van der Waals surface area contributed by atoms with E-state index in [1.807, 2.05) is 47.7 Å². The largest absolute Gasteiger partial charge is 0.338 e. The molecule has 1 aromatic carbocycles. The molecule has 0 bridgehead atoms. The first-order valence-corrected chi connectivity index (χ1v) is 7.73. The van der Waals surface area contributed by atoms with Crippen LogP contribution in [0.1, 0.15) is 34.5 Å². The Morgan fingerprint density at radius 3 is 2.52 bits per heavy atom. The molecule has 1 saturated heterocycles. The van der Waals surface area contributed by atoms with E-state index in [4.69, 9.17) is 5.73 Å². The zero-order chi connectivity index (χ0) is 15.7. The predicted molar refractivity (Wildman–Crippen MR) is 93.4 cm³/mol. The summed E-state index contributed by atoms with van der Waals surface area (Å²) in [6.07, 6.45) is 3.42. The van der Waals surface area contributed by atoms with Crippen LogP contribution in [0.4, 0.5) is 0 Å². The standard InChI is InChI=1S/C17H22N4O.ClH/c1-12-5-3-4-6-16(12)21-13(2)15(11-19-21)17(22)20-9-7-14(18)8-10-20;/h3-6,11,14H,7-10,18H2,1-2H3;1H.